The Morgan fingerprint density at radius 1 is 1.32 bits per heavy atom. The highest BCUT2D eigenvalue weighted by molar-refractivity contribution is 7.91. The molecule has 2 aromatic rings. The van der Waals surface area contributed by atoms with Gasteiger partial charge in [-0.25, -0.2) is 13.4 Å². The second-order valence-electron chi connectivity index (χ2n) is 6.22. The second-order valence-corrected chi connectivity index (χ2v) is 8.21. The predicted octanol–water partition coefficient (Wildman–Crippen LogP) is 1.77. The van der Waals surface area contributed by atoms with Gasteiger partial charge in [-0.3, -0.25) is 10.1 Å². The lowest BCUT2D eigenvalue weighted by atomic mass is 10.1. The smallest absolute Gasteiger partial charge is 0.379 e. The molecule has 2 rings (SSSR count). The Kier molecular flexibility index (Phi) is 5.54. The number of hydrogen-bond donors (Lipinski definition) is 3. The number of benzene rings is 1. The van der Waals surface area contributed by atoms with Crippen LogP contribution in [0.25, 0.3) is 0 Å². The molecule has 0 fully saturated rings. The number of aryl methyl sites for hydroxylation is 1. The fourth-order valence-corrected chi connectivity index (χ4v) is 3.81. The Labute approximate surface area is 157 Å². The first-order chi connectivity index (χ1) is 12.8. The van der Waals surface area contributed by atoms with E-state index in [9.17, 15) is 31.5 Å². The first-order valence-corrected chi connectivity index (χ1v) is 9.32. The van der Waals surface area contributed by atoms with E-state index in [0.717, 1.165) is 12.5 Å². The largest absolute Gasteiger partial charge is 0.436 e. The van der Waals surface area contributed by atoms with Crippen LogP contribution >= 0.6 is 0 Å². The van der Waals surface area contributed by atoms with Crippen LogP contribution in [0, 0.1) is 18.3 Å². The second kappa shape index (κ2) is 7.25. The van der Waals surface area contributed by atoms with Gasteiger partial charge < -0.3 is 10.1 Å². The number of anilines is 1. The Bertz CT molecular complexity index is 1040. The molecule has 0 spiro atoms. The van der Waals surface area contributed by atoms with E-state index in [1.165, 1.54) is 30.3 Å². The molecule has 0 saturated heterocycles. The molecule has 12 heteroatoms. The maximum absolute atomic E-state index is 12.8. The number of rotatable bonds is 5. The van der Waals surface area contributed by atoms with Crippen molar-refractivity contribution in [3.05, 3.63) is 41.2 Å². The van der Waals surface area contributed by atoms with Crippen molar-refractivity contribution in [2.45, 2.75) is 30.5 Å². The molecule has 0 unspecified atom stereocenters. The Morgan fingerprint density at radius 2 is 1.89 bits per heavy atom. The van der Waals surface area contributed by atoms with Gasteiger partial charge in [-0.15, -0.1) is 0 Å². The number of H-pyrrole nitrogens is 1. The molecule has 1 atom stereocenters. The minimum absolute atomic E-state index is 0.129. The number of carbonyl (C=O) groups excluding carboxylic acids is 1. The van der Waals surface area contributed by atoms with Gasteiger partial charge in [0.2, 0.25) is 5.95 Å². The maximum Gasteiger partial charge on any atom is 0.436 e. The number of aromatic nitrogens is 2. The molecule has 28 heavy (non-hydrogen) atoms. The van der Waals surface area contributed by atoms with Crippen LogP contribution in [-0.4, -0.2) is 40.8 Å². The van der Waals surface area contributed by atoms with Crippen molar-refractivity contribution < 1.29 is 31.5 Å². The fraction of sp³-hybridized carbons (Fsp3) is 0.312. The first kappa shape index (κ1) is 21.4. The van der Waals surface area contributed by atoms with Gasteiger partial charge in [0.15, 0.2) is 26.8 Å². The van der Waals surface area contributed by atoms with Crippen molar-refractivity contribution in [2.75, 3.05) is 11.1 Å². The van der Waals surface area contributed by atoms with E-state index in [0.29, 0.717) is 0 Å². The molecule has 0 aliphatic carbocycles. The van der Waals surface area contributed by atoms with E-state index in [2.05, 4.69) is 4.98 Å². The lowest BCUT2D eigenvalue weighted by Gasteiger charge is -2.21. The highest BCUT2D eigenvalue weighted by atomic mass is 32.2. The summed E-state index contributed by atoms with van der Waals surface area (Å²) in [6.45, 7) is 2.64. The SMILES string of the molecule is Cc1ccc(S(=O)(=O)C[C@](C)(O)C(=O)Nc2nc(C(F)(F)F)c(C#N)[nH]2)cc1. The number of imidazole rings is 1. The standard InChI is InChI=1S/C16H15F3N4O4S/c1-9-3-5-10(6-4-9)28(26,27)8-15(2,25)13(24)23-14-21-11(7-20)12(22-14)16(17,18)19/h3-6,25H,8H2,1-2H3,(H2,21,22,23,24)/t15-/m0/s1. The molecule has 0 bridgehead atoms. The number of aromatic amines is 1. The van der Waals surface area contributed by atoms with Crippen molar-refractivity contribution in [1.29, 1.82) is 5.26 Å². The molecule has 0 saturated carbocycles. The monoisotopic (exact) mass is 416 g/mol. The minimum Gasteiger partial charge on any atom is -0.379 e. The van der Waals surface area contributed by atoms with Gasteiger partial charge in [-0.2, -0.15) is 18.4 Å². The number of alkyl halides is 3. The summed E-state index contributed by atoms with van der Waals surface area (Å²) in [5.41, 5.74) is -4.16. The first-order valence-electron chi connectivity index (χ1n) is 7.67. The molecule has 1 heterocycles. The highest BCUT2D eigenvalue weighted by Crippen LogP contribution is 2.31. The quantitative estimate of drug-likeness (QED) is 0.680. The van der Waals surface area contributed by atoms with Gasteiger partial charge in [0.1, 0.15) is 6.07 Å². The van der Waals surface area contributed by atoms with Gasteiger partial charge in [0.25, 0.3) is 5.91 Å². The topological polar surface area (TPSA) is 136 Å². The van der Waals surface area contributed by atoms with Crippen LogP contribution in [0.15, 0.2) is 29.2 Å². The van der Waals surface area contributed by atoms with E-state index in [4.69, 9.17) is 5.26 Å². The van der Waals surface area contributed by atoms with Crippen LogP contribution in [0.3, 0.4) is 0 Å². The summed E-state index contributed by atoms with van der Waals surface area (Å²) >= 11 is 0. The van der Waals surface area contributed by atoms with E-state index in [1.807, 2.05) is 10.3 Å². The molecule has 1 amide bonds. The Balaban J connectivity index is 2.22. The zero-order valence-electron chi connectivity index (χ0n) is 14.6. The molecule has 3 N–H and O–H groups in total. The highest BCUT2D eigenvalue weighted by Gasteiger charge is 2.40. The van der Waals surface area contributed by atoms with E-state index in [1.54, 1.807) is 6.92 Å². The van der Waals surface area contributed by atoms with Crippen molar-refractivity contribution in [3.8, 4) is 6.07 Å². The van der Waals surface area contributed by atoms with Gasteiger partial charge in [0.05, 0.1) is 10.6 Å². The van der Waals surface area contributed by atoms with Crippen LogP contribution in [0.5, 0.6) is 0 Å². The van der Waals surface area contributed by atoms with Crippen LogP contribution in [-0.2, 0) is 20.8 Å². The van der Waals surface area contributed by atoms with E-state index < -0.39 is 50.6 Å². The third-order valence-corrected chi connectivity index (χ3v) is 5.59. The molecule has 150 valence electrons. The lowest BCUT2D eigenvalue weighted by Crippen LogP contribution is -2.46. The van der Waals surface area contributed by atoms with Crippen molar-refractivity contribution in [3.63, 3.8) is 0 Å². The number of amides is 1. The number of aliphatic hydroxyl groups is 1. The molecule has 0 aliphatic rings. The number of hydrogen-bond acceptors (Lipinski definition) is 6. The number of sulfone groups is 1. The molecular weight excluding hydrogens is 401 g/mol. The summed E-state index contributed by atoms with van der Waals surface area (Å²) in [7, 11) is -4.08. The number of halogens is 3. The van der Waals surface area contributed by atoms with Gasteiger partial charge in [-0.1, -0.05) is 17.7 Å². The minimum atomic E-state index is -4.94. The maximum atomic E-state index is 12.8. The summed E-state index contributed by atoms with van der Waals surface area (Å²) in [4.78, 5) is 17.1. The molecule has 1 aromatic heterocycles. The number of nitrogens with one attached hydrogen (secondary N) is 2. The van der Waals surface area contributed by atoms with Gasteiger partial charge in [-0.05, 0) is 26.0 Å². The normalized spacial score (nSPS) is 14.2. The van der Waals surface area contributed by atoms with Crippen LogP contribution < -0.4 is 5.32 Å². The summed E-state index contributed by atoms with van der Waals surface area (Å²) in [6, 6.07) is 6.93. The average Bonchev–Trinajstić information content (AvgIpc) is 2.97. The van der Waals surface area contributed by atoms with Crippen LogP contribution in [0.1, 0.15) is 23.9 Å². The molecular formula is C16H15F3N4O4S. The fourth-order valence-electron chi connectivity index (χ4n) is 2.23. The lowest BCUT2D eigenvalue weighted by molar-refractivity contribution is -0.141. The Hall–Kier alpha value is -2.91. The van der Waals surface area contributed by atoms with Gasteiger partial charge >= 0.3 is 6.18 Å². The van der Waals surface area contributed by atoms with E-state index >= 15 is 0 Å². The van der Waals surface area contributed by atoms with E-state index in [-0.39, 0.29) is 4.90 Å². The van der Waals surface area contributed by atoms with Gasteiger partial charge in [0, 0.05) is 0 Å². The van der Waals surface area contributed by atoms with Crippen LogP contribution in [0.2, 0.25) is 0 Å². The van der Waals surface area contributed by atoms with Crippen molar-refractivity contribution in [1.82, 2.24) is 9.97 Å². The zero-order chi connectivity index (χ0) is 21.3. The summed E-state index contributed by atoms with van der Waals surface area (Å²) in [6.07, 6.45) is -4.94. The third kappa shape index (κ3) is 4.68. The number of nitriles is 1. The number of nitrogens with zero attached hydrogens (tertiary/aromatic N) is 2. The summed E-state index contributed by atoms with van der Waals surface area (Å²) in [5.74, 6) is -3.08. The molecule has 0 radical (unpaired) electrons. The third-order valence-electron chi connectivity index (χ3n) is 3.66. The predicted molar refractivity (Wildman–Crippen MR) is 90.8 cm³/mol. The molecule has 0 aliphatic heterocycles. The summed E-state index contributed by atoms with van der Waals surface area (Å²) in [5, 5.41) is 20.9. The van der Waals surface area contributed by atoms with Crippen molar-refractivity contribution in [2.24, 2.45) is 0 Å². The molecule has 1 aromatic carbocycles. The molecule has 8 nitrogen and oxygen atoms in total. The zero-order valence-corrected chi connectivity index (χ0v) is 15.4. The Morgan fingerprint density at radius 3 is 2.36 bits per heavy atom. The summed E-state index contributed by atoms with van der Waals surface area (Å²) < 4.78 is 63.1. The van der Waals surface area contributed by atoms with Crippen molar-refractivity contribution >= 4 is 21.7 Å². The number of carbonyl (C=O) groups is 1. The van der Waals surface area contributed by atoms with Crippen LogP contribution in [0.4, 0.5) is 19.1 Å². The average molecular weight is 416 g/mol.